The summed E-state index contributed by atoms with van der Waals surface area (Å²) in [6.45, 7) is 2.20. The van der Waals surface area contributed by atoms with Crippen molar-refractivity contribution in [2.45, 2.75) is 13.5 Å². The Hall–Kier alpha value is -1.55. The summed E-state index contributed by atoms with van der Waals surface area (Å²) in [4.78, 5) is 14.9. The quantitative estimate of drug-likeness (QED) is 0.782. The first-order chi connectivity index (χ1) is 7.15. The summed E-state index contributed by atoms with van der Waals surface area (Å²) in [7, 11) is 0. The summed E-state index contributed by atoms with van der Waals surface area (Å²) in [5.41, 5.74) is -0.339. The molecule has 0 fully saturated rings. The van der Waals surface area contributed by atoms with Crippen LogP contribution in [0.15, 0.2) is 33.7 Å². The van der Waals surface area contributed by atoms with Gasteiger partial charge < -0.3 is 4.42 Å². The lowest BCUT2D eigenvalue weighted by Crippen LogP contribution is -2.22. The molecule has 2 heterocycles. The molecule has 0 N–H and O–H groups in total. The Kier molecular flexibility index (Phi) is 2.60. The average molecular weight is 225 g/mol. The maximum Gasteiger partial charge on any atom is 0.348 e. The van der Waals surface area contributed by atoms with Crippen molar-refractivity contribution in [2.24, 2.45) is 0 Å². The third-order valence-corrected chi connectivity index (χ3v) is 2.14. The van der Waals surface area contributed by atoms with Gasteiger partial charge in [-0.25, -0.2) is 9.78 Å². The van der Waals surface area contributed by atoms with Crippen molar-refractivity contribution in [2.75, 3.05) is 0 Å². The first-order valence-electron chi connectivity index (χ1n) is 4.42. The molecule has 0 aliphatic heterocycles. The van der Waals surface area contributed by atoms with Crippen molar-refractivity contribution >= 4 is 11.6 Å². The van der Waals surface area contributed by atoms with Gasteiger partial charge in [0.25, 0.3) is 0 Å². The van der Waals surface area contributed by atoms with Crippen molar-refractivity contribution in [3.8, 4) is 0 Å². The van der Waals surface area contributed by atoms with Gasteiger partial charge in [0.15, 0.2) is 0 Å². The highest BCUT2D eigenvalue weighted by Gasteiger charge is 2.03. The van der Waals surface area contributed by atoms with Crippen molar-refractivity contribution in [3.63, 3.8) is 0 Å². The van der Waals surface area contributed by atoms with Crippen molar-refractivity contribution < 1.29 is 4.42 Å². The third-order valence-electron chi connectivity index (χ3n) is 1.95. The fraction of sp³-hybridized carbons (Fsp3) is 0.200. The second kappa shape index (κ2) is 3.90. The molecule has 0 aliphatic rings. The number of aryl methyl sites for hydroxylation is 1. The summed E-state index contributed by atoms with van der Waals surface area (Å²) in [5.74, 6) is 1.52. The van der Waals surface area contributed by atoms with Crippen LogP contribution in [0.4, 0.5) is 0 Å². The molecule has 2 aromatic rings. The van der Waals surface area contributed by atoms with E-state index in [-0.39, 0.29) is 5.69 Å². The van der Waals surface area contributed by atoms with E-state index in [0.29, 0.717) is 17.3 Å². The van der Waals surface area contributed by atoms with Gasteiger partial charge in [-0.05, 0) is 19.1 Å². The number of aromatic nitrogens is 2. The third kappa shape index (κ3) is 2.27. The number of halogens is 1. The summed E-state index contributed by atoms with van der Waals surface area (Å²) in [5, 5.41) is 0.429. The van der Waals surface area contributed by atoms with Gasteiger partial charge in [-0.15, -0.1) is 0 Å². The fourth-order valence-electron chi connectivity index (χ4n) is 1.28. The van der Waals surface area contributed by atoms with E-state index in [1.807, 2.05) is 19.1 Å². The molecule has 0 aromatic carbocycles. The number of rotatable bonds is 2. The van der Waals surface area contributed by atoms with Crippen LogP contribution in [0, 0.1) is 6.92 Å². The molecule has 0 spiro atoms. The Bertz CT molecular complexity index is 530. The Balaban J connectivity index is 2.31. The standard InChI is InChI=1S/C10H9ClN2O2/c1-7-2-3-9(15-7)6-13-5-8(11)4-12-10(13)14/h2-5H,6H2,1H3. The molecular weight excluding hydrogens is 216 g/mol. The largest absolute Gasteiger partial charge is 0.464 e. The second-order valence-corrected chi connectivity index (χ2v) is 3.63. The van der Waals surface area contributed by atoms with E-state index in [1.54, 1.807) is 0 Å². The highest BCUT2D eigenvalue weighted by atomic mass is 35.5. The molecule has 0 atom stereocenters. The first-order valence-corrected chi connectivity index (χ1v) is 4.80. The predicted octanol–water partition coefficient (Wildman–Crippen LogP) is 1.85. The molecular formula is C10H9ClN2O2. The van der Waals surface area contributed by atoms with Crippen LogP contribution in [0.1, 0.15) is 11.5 Å². The van der Waals surface area contributed by atoms with Crippen LogP contribution in [0.25, 0.3) is 0 Å². The Morgan fingerprint density at radius 2 is 2.33 bits per heavy atom. The molecule has 0 aliphatic carbocycles. The fourth-order valence-corrected chi connectivity index (χ4v) is 1.45. The van der Waals surface area contributed by atoms with Gasteiger partial charge >= 0.3 is 5.69 Å². The average Bonchev–Trinajstić information content (AvgIpc) is 2.58. The van der Waals surface area contributed by atoms with E-state index >= 15 is 0 Å². The minimum atomic E-state index is -0.339. The Labute approximate surface area is 91.1 Å². The minimum absolute atomic E-state index is 0.339. The van der Waals surface area contributed by atoms with E-state index in [4.69, 9.17) is 16.0 Å². The highest BCUT2D eigenvalue weighted by molar-refractivity contribution is 6.30. The molecule has 0 unspecified atom stereocenters. The van der Waals surface area contributed by atoms with Crippen molar-refractivity contribution in [1.82, 2.24) is 9.55 Å². The molecule has 15 heavy (non-hydrogen) atoms. The minimum Gasteiger partial charge on any atom is -0.464 e. The zero-order valence-electron chi connectivity index (χ0n) is 8.11. The molecule has 0 bridgehead atoms. The van der Waals surface area contributed by atoms with Crippen LogP contribution in [0.5, 0.6) is 0 Å². The Morgan fingerprint density at radius 3 is 3.00 bits per heavy atom. The first kappa shape index (κ1) is 9.98. The number of nitrogens with zero attached hydrogens (tertiary/aromatic N) is 2. The molecule has 2 rings (SSSR count). The molecule has 2 aromatic heterocycles. The van der Waals surface area contributed by atoms with Crippen LogP contribution >= 0.6 is 11.6 Å². The Morgan fingerprint density at radius 1 is 1.53 bits per heavy atom. The van der Waals surface area contributed by atoms with Crippen LogP contribution in [0.2, 0.25) is 5.02 Å². The summed E-state index contributed by atoms with van der Waals surface area (Å²) < 4.78 is 6.76. The topological polar surface area (TPSA) is 48.0 Å². The maximum atomic E-state index is 11.3. The maximum absolute atomic E-state index is 11.3. The summed E-state index contributed by atoms with van der Waals surface area (Å²) >= 11 is 5.74. The van der Waals surface area contributed by atoms with E-state index in [0.717, 1.165) is 5.76 Å². The van der Waals surface area contributed by atoms with Crippen LogP contribution < -0.4 is 5.69 Å². The number of furan rings is 1. The van der Waals surface area contributed by atoms with E-state index in [9.17, 15) is 4.79 Å². The van der Waals surface area contributed by atoms with Crippen LogP contribution in [-0.2, 0) is 6.54 Å². The SMILES string of the molecule is Cc1ccc(Cn2cc(Cl)cnc2=O)o1. The van der Waals surface area contributed by atoms with Crippen LogP contribution in [-0.4, -0.2) is 9.55 Å². The monoisotopic (exact) mass is 224 g/mol. The van der Waals surface area contributed by atoms with Crippen molar-refractivity contribution in [1.29, 1.82) is 0 Å². The van der Waals surface area contributed by atoms with Gasteiger partial charge in [0.05, 0.1) is 17.8 Å². The van der Waals surface area contributed by atoms with Gasteiger partial charge in [-0.2, -0.15) is 0 Å². The van der Waals surface area contributed by atoms with Gasteiger partial charge in [-0.1, -0.05) is 11.6 Å². The zero-order chi connectivity index (χ0) is 10.8. The van der Waals surface area contributed by atoms with E-state index in [2.05, 4.69) is 4.98 Å². The molecule has 0 saturated carbocycles. The van der Waals surface area contributed by atoms with Gasteiger partial charge in [0.2, 0.25) is 0 Å². The summed E-state index contributed by atoms with van der Waals surface area (Å²) in [6, 6.07) is 3.67. The van der Waals surface area contributed by atoms with Crippen LogP contribution in [0.3, 0.4) is 0 Å². The smallest absolute Gasteiger partial charge is 0.348 e. The van der Waals surface area contributed by atoms with Crippen molar-refractivity contribution in [3.05, 3.63) is 51.6 Å². The lowest BCUT2D eigenvalue weighted by Gasteiger charge is -2.01. The van der Waals surface area contributed by atoms with Gasteiger partial charge in [0.1, 0.15) is 11.5 Å². The predicted molar refractivity (Wildman–Crippen MR) is 56.1 cm³/mol. The molecule has 0 radical (unpaired) electrons. The lowest BCUT2D eigenvalue weighted by atomic mass is 10.4. The molecule has 78 valence electrons. The lowest BCUT2D eigenvalue weighted by molar-refractivity contribution is 0.465. The van der Waals surface area contributed by atoms with Gasteiger partial charge in [-0.3, -0.25) is 4.57 Å². The molecule has 5 heteroatoms. The zero-order valence-corrected chi connectivity index (χ0v) is 8.86. The summed E-state index contributed by atoms with van der Waals surface area (Å²) in [6.07, 6.45) is 2.86. The molecule has 4 nitrogen and oxygen atoms in total. The second-order valence-electron chi connectivity index (χ2n) is 3.20. The van der Waals surface area contributed by atoms with Gasteiger partial charge in [0, 0.05) is 6.20 Å². The number of hydrogen-bond acceptors (Lipinski definition) is 3. The van der Waals surface area contributed by atoms with E-state index < -0.39 is 0 Å². The molecule has 0 saturated heterocycles. The highest BCUT2D eigenvalue weighted by Crippen LogP contribution is 2.08. The molecule has 0 amide bonds. The van der Waals surface area contributed by atoms with E-state index in [1.165, 1.54) is 17.0 Å². The normalized spacial score (nSPS) is 10.5. The number of hydrogen-bond donors (Lipinski definition) is 0.